The molecule has 1 atom stereocenters. The van der Waals surface area contributed by atoms with Gasteiger partial charge >= 0.3 is 0 Å². The molecule has 9 heteroatoms. The number of nitrogens with one attached hydrogen (secondary N) is 2. The van der Waals surface area contributed by atoms with Crippen molar-refractivity contribution < 1.29 is 23.5 Å². The SMILES string of the molecule is COc1cc(C=NNC(=O)C(NC(=O)c2ccccc2F)C(C)C)ccc1OCc1ccccc1Cl. The van der Waals surface area contributed by atoms with Gasteiger partial charge in [0.05, 0.1) is 18.9 Å². The molecule has 36 heavy (non-hydrogen) atoms. The van der Waals surface area contributed by atoms with Crippen LogP contribution in [0.4, 0.5) is 4.39 Å². The van der Waals surface area contributed by atoms with Crippen molar-refractivity contribution in [2.75, 3.05) is 7.11 Å². The van der Waals surface area contributed by atoms with E-state index in [0.29, 0.717) is 22.1 Å². The fraction of sp³-hybridized carbons (Fsp3) is 0.222. The van der Waals surface area contributed by atoms with Gasteiger partial charge in [-0.25, -0.2) is 9.82 Å². The Morgan fingerprint density at radius 2 is 1.78 bits per heavy atom. The van der Waals surface area contributed by atoms with E-state index in [9.17, 15) is 14.0 Å². The van der Waals surface area contributed by atoms with Crippen LogP contribution in [0.5, 0.6) is 11.5 Å². The van der Waals surface area contributed by atoms with Gasteiger partial charge in [-0.1, -0.05) is 55.8 Å². The highest BCUT2D eigenvalue weighted by Gasteiger charge is 2.25. The molecule has 0 aliphatic rings. The molecule has 2 N–H and O–H groups in total. The van der Waals surface area contributed by atoms with Crippen molar-refractivity contribution in [3.8, 4) is 11.5 Å². The number of carbonyl (C=O) groups is 2. The van der Waals surface area contributed by atoms with Gasteiger partial charge in [-0.15, -0.1) is 0 Å². The molecule has 0 saturated heterocycles. The summed E-state index contributed by atoms with van der Waals surface area (Å²) in [6, 6.07) is 17.2. The molecular formula is C27H27ClFN3O4. The molecule has 0 aromatic heterocycles. The number of methoxy groups -OCH3 is 1. The van der Waals surface area contributed by atoms with Gasteiger partial charge in [0, 0.05) is 10.6 Å². The first-order valence-electron chi connectivity index (χ1n) is 11.2. The Hall–Kier alpha value is -3.91. The Bertz CT molecular complexity index is 1250. The zero-order valence-electron chi connectivity index (χ0n) is 20.1. The molecular weight excluding hydrogens is 485 g/mol. The third-order valence-corrected chi connectivity index (χ3v) is 5.64. The van der Waals surface area contributed by atoms with Gasteiger partial charge in [-0.3, -0.25) is 9.59 Å². The fourth-order valence-electron chi connectivity index (χ4n) is 3.29. The Morgan fingerprint density at radius 1 is 1.06 bits per heavy atom. The number of hydrazone groups is 1. The van der Waals surface area contributed by atoms with Crippen molar-refractivity contribution in [1.29, 1.82) is 0 Å². The predicted molar refractivity (Wildman–Crippen MR) is 137 cm³/mol. The highest BCUT2D eigenvalue weighted by molar-refractivity contribution is 6.31. The average molecular weight is 512 g/mol. The lowest BCUT2D eigenvalue weighted by molar-refractivity contribution is -0.123. The third-order valence-electron chi connectivity index (χ3n) is 5.27. The quantitative estimate of drug-likeness (QED) is 0.297. The van der Waals surface area contributed by atoms with E-state index in [2.05, 4.69) is 15.8 Å². The minimum atomic E-state index is -0.913. The standard InChI is InChI=1S/C27H27ClFN3O4/c1-17(2)25(31-26(33)20-9-5-7-11-22(20)29)27(34)32-30-15-18-12-13-23(24(14-18)35-3)36-16-19-8-4-6-10-21(19)28/h4-15,17,25H,16H2,1-3H3,(H,31,33)(H,32,34). The molecule has 0 aliphatic carbocycles. The molecule has 3 rings (SSSR count). The van der Waals surface area contributed by atoms with Crippen LogP contribution < -0.4 is 20.2 Å². The lowest BCUT2D eigenvalue weighted by Crippen LogP contribution is -2.48. The van der Waals surface area contributed by atoms with Crippen LogP contribution in [0.2, 0.25) is 5.02 Å². The summed E-state index contributed by atoms with van der Waals surface area (Å²) in [5.74, 6) is -1.13. The van der Waals surface area contributed by atoms with Gasteiger partial charge < -0.3 is 14.8 Å². The number of halogens is 2. The van der Waals surface area contributed by atoms with Crippen LogP contribution in [-0.4, -0.2) is 31.2 Å². The third kappa shape index (κ3) is 7.05. The molecule has 1 unspecified atom stereocenters. The van der Waals surface area contributed by atoms with Crippen LogP contribution in [0, 0.1) is 11.7 Å². The fourth-order valence-corrected chi connectivity index (χ4v) is 3.48. The van der Waals surface area contributed by atoms with Crippen molar-refractivity contribution in [2.45, 2.75) is 26.5 Å². The molecule has 0 bridgehead atoms. The summed E-state index contributed by atoms with van der Waals surface area (Å²) in [5, 5.41) is 7.17. The van der Waals surface area contributed by atoms with Gasteiger partial charge in [-0.2, -0.15) is 5.10 Å². The van der Waals surface area contributed by atoms with Crippen LogP contribution >= 0.6 is 11.6 Å². The van der Waals surface area contributed by atoms with Gasteiger partial charge in [-0.05, 0) is 47.9 Å². The average Bonchev–Trinajstić information content (AvgIpc) is 2.87. The molecule has 0 fully saturated rings. The van der Waals surface area contributed by atoms with E-state index in [1.165, 1.54) is 31.5 Å². The zero-order chi connectivity index (χ0) is 26.1. The zero-order valence-corrected chi connectivity index (χ0v) is 20.9. The maximum atomic E-state index is 13.9. The Labute approximate surface area is 214 Å². The van der Waals surface area contributed by atoms with E-state index in [-0.39, 0.29) is 18.1 Å². The monoisotopic (exact) mass is 511 g/mol. The topological polar surface area (TPSA) is 89.0 Å². The van der Waals surface area contributed by atoms with Gasteiger partial charge in [0.25, 0.3) is 11.8 Å². The Kier molecular flexibility index (Phi) is 9.41. The second kappa shape index (κ2) is 12.7. The molecule has 0 heterocycles. The van der Waals surface area contributed by atoms with Crippen molar-refractivity contribution in [3.63, 3.8) is 0 Å². The highest BCUT2D eigenvalue weighted by Crippen LogP contribution is 2.29. The maximum absolute atomic E-state index is 13.9. The predicted octanol–water partition coefficient (Wildman–Crippen LogP) is 4.97. The Balaban J connectivity index is 1.62. The number of benzene rings is 3. The number of carbonyl (C=O) groups excluding carboxylic acids is 2. The molecule has 3 aromatic carbocycles. The normalized spacial score (nSPS) is 11.8. The van der Waals surface area contributed by atoms with E-state index >= 15 is 0 Å². The van der Waals surface area contributed by atoms with Crippen LogP contribution in [0.25, 0.3) is 0 Å². The number of hydrogen-bond donors (Lipinski definition) is 2. The first kappa shape index (κ1) is 26.7. The number of nitrogens with zero attached hydrogens (tertiary/aromatic N) is 1. The van der Waals surface area contributed by atoms with Gasteiger partial charge in [0.15, 0.2) is 11.5 Å². The Morgan fingerprint density at radius 3 is 2.47 bits per heavy atom. The van der Waals surface area contributed by atoms with Crippen molar-refractivity contribution >= 4 is 29.6 Å². The summed E-state index contributed by atoms with van der Waals surface area (Å²) >= 11 is 6.18. The molecule has 0 saturated carbocycles. The number of amides is 2. The second-order valence-corrected chi connectivity index (χ2v) is 8.61. The van der Waals surface area contributed by atoms with Crippen LogP contribution in [0.1, 0.15) is 35.3 Å². The van der Waals surface area contributed by atoms with Crippen LogP contribution in [-0.2, 0) is 11.4 Å². The molecule has 2 amide bonds. The summed E-state index contributed by atoms with van der Waals surface area (Å²) in [4.78, 5) is 25.1. The molecule has 188 valence electrons. The van der Waals surface area contributed by atoms with E-state index < -0.39 is 23.7 Å². The first-order chi connectivity index (χ1) is 17.3. The summed E-state index contributed by atoms with van der Waals surface area (Å²) in [7, 11) is 1.52. The molecule has 0 spiro atoms. The maximum Gasteiger partial charge on any atom is 0.262 e. The van der Waals surface area contributed by atoms with Gasteiger partial charge in [0.1, 0.15) is 18.5 Å². The van der Waals surface area contributed by atoms with E-state index in [0.717, 1.165) is 5.56 Å². The van der Waals surface area contributed by atoms with Crippen LogP contribution in [0.3, 0.4) is 0 Å². The van der Waals surface area contributed by atoms with E-state index in [1.807, 2.05) is 18.2 Å². The summed E-state index contributed by atoms with van der Waals surface area (Å²) in [6.07, 6.45) is 1.44. The number of hydrogen-bond acceptors (Lipinski definition) is 5. The minimum absolute atomic E-state index is 0.136. The molecule has 3 aromatic rings. The summed E-state index contributed by atoms with van der Waals surface area (Å²) < 4.78 is 25.2. The highest BCUT2D eigenvalue weighted by atomic mass is 35.5. The smallest absolute Gasteiger partial charge is 0.262 e. The van der Waals surface area contributed by atoms with E-state index in [4.69, 9.17) is 21.1 Å². The number of rotatable bonds is 10. The molecule has 0 aliphatic heterocycles. The van der Waals surface area contributed by atoms with Crippen molar-refractivity contribution in [2.24, 2.45) is 11.0 Å². The largest absolute Gasteiger partial charge is 0.493 e. The minimum Gasteiger partial charge on any atom is -0.493 e. The summed E-state index contributed by atoms with van der Waals surface area (Å²) in [6.45, 7) is 3.80. The van der Waals surface area contributed by atoms with Crippen molar-refractivity contribution in [3.05, 3.63) is 94.3 Å². The second-order valence-electron chi connectivity index (χ2n) is 8.20. The number of ether oxygens (including phenoxy) is 2. The van der Waals surface area contributed by atoms with E-state index in [1.54, 1.807) is 44.2 Å². The summed E-state index contributed by atoms with van der Waals surface area (Å²) in [5.41, 5.74) is 3.78. The van der Waals surface area contributed by atoms with Gasteiger partial charge in [0.2, 0.25) is 0 Å². The first-order valence-corrected chi connectivity index (χ1v) is 11.6. The lowest BCUT2D eigenvalue weighted by Gasteiger charge is -2.20. The molecule has 0 radical (unpaired) electrons. The van der Waals surface area contributed by atoms with Crippen LogP contribution in [0.15, 0.2) is 71.8 Å². The van der Waals surface area contributed by atoms with Crippen molar-refractivity contribution in [1.82, 2.24) is 10.7 Å². The molecule has 7 nitrogen and oxygen atoms in total. The lowest BCUT2D eigenvalue weighted by atomic mass is 10.0.